The number of methoxy groups -OCH3 is 1. The van der Waals surface area contributed by atoms with Gasteiger partial charge in [-0.15, -0.1) is 24.0 Å². The number of hydrogen-bond acceptors (Lipinski definition) is 5. The Morgan fingerprint density at radius 2 is 2.23 bits per heavy atom. The largest absolute Gasteiger partial charge is 0.497 e. The third-order valence-corrected chi connectivity index (χ3v) is 4.81. The Balaban J connectivity index is 0.00000320. The molecule has 9 heteroatoms. The number of aromatic nitrogens is 1. The van der Waals surface area contributed by atoms with Gasteiger partial charge in [0.2, 0.25) is 0 Å². The number of ether oxygens (including phenoxy) is 1. The fraction of sp³-hybridized carbons (Fsp3) is 0.429. The molecule has 2 heterocycles. The van der Waals surface area contributed by atoms with Crippen molar-refractivity contribution in [2.75, 3.05) is 38.2 Å². The van der Waals surface area contributed by atoms with Crippen molar-refractivity contribution in [3.63, 3.8) is 0 Å². The minimum atomic E-state index is -0.733. The lowest BCUT2D eigenvalue weighted by molar-refractivity contribution is 0.186. The van der Waals surface area contributed by atoms with Crippen LogP contribution in [0.4, 0.5) is 10.2 Å². The topological polar surface area (TPSA) is 82.0 Å². The molecule has 1 aliphatic rings. The number of benzene rings is 1. The van der Waals surface area contributed by atoms with Crippen LogP contribution in [0.25, 0.3) is 0 Å². The Labute approximate surface area is 193 Å². The molecule has 1 fully saturated rings. The molecule has 1 aromatic heterocycles. The molecule has 0 aliphatic carbocycles. The summed E-state index contributed by atoms with van der Waals surface area (Å²) in [6, 6.07) is 10.5. The molecule has 1 aliphatic heterocycles. The third-order valence-electron chi connectivity index (χ3n) is 4.81. The van der Waals surface area contributed by atoms with Crippen LogP contribution in [-0.2, 0) is 0 Å². The van der Waals surface area contributed by atoms with E-state index in [2.05, 4.69) is 20.6 Å². The lowest BCUT2D eigenvalue weighted by atomic mass is 10.1. The normalized spacial score (nSPS) is 17.3. The molecule has 2 aromatic rings. The van der Waals surface area contributed by atoms with Crippen molar-refractivity contribution in [1.82, 2.24) is 15.6 Å². The summed E-state index contributed by atoms with van der Waals surface area (Å²) in [5.41, 5.74) is 0.751. The summed E-state index contributed by atoms with van der Waals surface area (Å²) in [6.45, 7) is 4.26. The number of halogens is 2. The minimum absolute atomic E-state index is 0. The number of guanidine groups is 1. The van der Waals surface area contributed by atoms with Crippen LogP contribution in [0.2, 0.25) is 0 Å². The van der Waals surface area contributed by atoms with E-state index in [1.165, 1.54) is 6.07 Å². The van der Waals surface area contributed by atoms with Crippen molar-refractivity contribution in [1.29, 1.82) is 0 Å². The van der Waals surface area contributed by atoms with Gasteiger partial charge in [-0.3, -0.25) is 4.99 Å². The molecule has 0 radical (unpaired) electrons. The second-order valence-corrected chi connectivity index (χ2v) is 6.90. The van der Waals surface area contributed by atoms with E-state index in [-0.39, 0.29) is 42.4 Å². The number of hydrogen-bond donors (Lipinski definition) is 3. The molecule has 3 rings (SSSR count). The molecule has 2 unspecified atom stereocenters. The first-order valence-electron chi connectivity index (χ1n) is 9.83. The first kappa shape index (κ1) is 24.1. The van der Waals surface area contributed by atoms with E-state index >= 15 is 0 Å². The van der Waals surface area contributed by atoms with Gasteiger partial charge in [-0.25, -0.2) is 9.37 Å². The highest BCUT2D eigenvalue weighted by Crippen LogP contribution is 2.21. The second-order valence-electron chi connectivity index (χ2n) is 6.90. The quantitative estimate of drug-likeness (QED) is 0.291. The van der Waals surface area contributed by atoms with E-state index in [4.69, 9.17) is 4.74 Å². The maximum Gasteiger partial charge on any atom is 0.191 e. The van der Waals surface area contributed by atoms with Crippen molar-refractivity contribution in [3.05, 3.63) is 54.0 Å². The van der Waals surface area contributed by atoms with E-state index < -0.39 is 6.10 Å². The first-order valence-corrected chi connectivity index (χ1v) is 9.83. The zero-order valence-corrected chi connectivity index (χ0v) is 19.5. The SMILES string of the molecule is CCNC(=NCC(O)c1cccc(OC)c1)NC1CCN(c2ncccc2F)C1.I. The average Bonchev–Trinajstić information content (AvgIpc) is 3.20. The standard InChI is InChI=1S/C21H28FN5O2.HI/c1-3-23-21(25-13-19(28)15-6-4-7-17(12-15)29-2)26-16-9-11-27(14-16)20-18(22)8-5-10-24-20;/h4-8,10,12,16,19,28H,3,9,11,13-14H2,1-2H3,(H2,23,25,26);1H. The van der Waals surface area contributed by atoms with Gasteiger partial charge in [-0.2, -0.15) is 0 Å². The molecule has 2 atom stereocenters. The van der Waals surface area contributed by atoms with E-state index in [0.717, 1.165) is 18.5 Å². The summed E-state index contributed by atoms with van der Waals surface area (Å²) >= 11 is 0. The van der Waals surface area contributed by atoms with Crippen molar-refractivity contribution < 1.29 is 14.2 Å². The number of nitrogens with one attached hydrogen (secondary N) is 2. The van der Waals surface area contributed by atoms with E-state index in [0.29, 0.717) is 30.6 Å². The molecular weight excluding hydrogens is 500 g/mol. The van der Waals surface area contributed by atoms with Crippen LogP contribution < -0.4 is 20.3 Å². The van der Waals surface area contributed by atoms with Crippen molar-refractivity contribution in [2.45, 2.75) is 25.5 Å². The molecule has 0 bridgehead atoms. The van der Waals surface area contributed by atoms with Gasteiger partial charge in [-0.1, -0.05) is 12.1 Å². The van der Waals surface area contributed by atoms with Crippen LogP contribution in [0.3, 0.4) is 0 Å². The molecular formula is C21H29FIN5O2. The Morgan fingerprint density at radius 1 is 1.40 bits per heavy atom. The van der Waals surface area contributed by atoms with Crippen LogP contribution >= 0.6 is 24.0 Å². The summed E-state index contributed by atoms with van der Waals surface area (Å²) in [5.74, 6) is 1.40. The van der Waals surface area contributed by atoms with E-state index in [1.807, 2.05) is 30.0 Å². The van der Waals surface area contributed by atoms with Crippen molar-refractivity contribution in [3.8, 4) is 5.75 Å². The first-order chi connectivity index (χ1) is 14.1. The molecule has 7 nitrogen and oxygen atoms in total. The van der Waals surface area contributed by atoms with Gasteiger partial charge in [0.05, 0.1) is 19.8 Å². The molecule has 0 saturated carbocycles. The highest BCUT2D eigenvalue weighted by Gasteiger charge is 2.26. The molecule has 0 amide bonds. The van der Waals surface area contributed by atoms with Crippen molar-refractivity contribution >= 4 is 35.8 Å². The zero-order chi connectivity index (χ0) is 20.6. The summed E-state index contributed by atoms with van der Waals surface area (Å²) in [6.07, 6.45) is 1.71. The van der Waals surface area contributed by atoms with Gasteiger partial charge in [0.1, 0.15) is 5.75 Å². The van der Waals surface area contributed by atoms with Gasteiger partial charge >= 0.3 is 0 Å². The molecule has 0 spiro atoms. The van der Waals surface area contributed by atoms with Gasteiger partial charge in [0, 0.05) is 31.9 Å². The molecule has 3 N–H and O–H groups in total. The maximum absolute atomic E-state index is 14.0. The predicted molar refractivity (Wildman–Crippen MR) is 127 cm³/mol. The smallest absolute Gasteiger partial charge is 0.191 e. The number of rotatable bonds is 7. The number of anilines is 1. The molecule has 30 heavy (non-hydrogen) atoms. The Hall–Kier alpha value is -2.14. The van der Waals surface area contributed by atoms with Crippen LogP contribution in [0.1, 0.15) is 25.0 Å². The van der Waals surface area contributed by atoms with E-state index in [9.17, 15) is 9.50 Å². The highest BCUT2D eigenvalue weighted by molar-refractivity contribution is 14.0. The summed E-state index contributed by atoms with van der Waals surface area (Å²) in [5, 5.41) is 17.0. The van der Waals surface area contributed by atoms with Crippen LogP contribution in [0, 0.1) is 5.82 Å². The summed E-state index contributed by atoms with van der Waals surface area (Å²) in [7, 11) is 1.60. The highest BCUT2D eigenvalue weighted by atomic mass is 127. The summed E-state index contributed by atoms with van der Waals surface area (Å²) in [4.78, 5) is 10.6. The van der Waals surface area contributed by atoms with E-state index in [1.54, 1.807) is 25.4 Å². The maximum atomic E-state index is 14.0. The average molecular weight is 529 g/mol. The number of aliphatic hydroxyl groups is 1. The lowest BCUT2D eigenvalue weighted by Gasteiger charge is -2.20. The van der Waals surface area contributed by atoms with Gasteiger partial charge < -0.3 is 25.4 Å². The van der Waals surface area contributed by atoms with Crippen molar-refractivity contribution in [2.24, 2.45) is 4.99 Å². The second kappa shape index (κ2) is 11.9. The minimum Gasteiger partial charge on any atom is -0.497 e. The Kier molecular flexibility index (Phi) is 9.57. The third kappa shape index (κ3) is 6.43. The number of pyridine rings is 1. The summed E-state index contributed by atoms with van der Waals surface area (Å²) < 4.78 is 19.2. The van der Waals surface area contributed by atoms with Crippen LogP contribution in [-0.4, -0.2) is 55.4 Å². The Bertz CT molecular complexity index is 839. The Morgan fingerprint density at radius 3 is 2.97 bits per heavy atom. The van der Waals surface area contributed by atoms with Gasteiger partial charge in [-0.05, 0) is 43.2 Å². The fourth-order valence-corrected chi connectivity index (χ4v) is 3.33. The zero-order valence-electron chi connectivity index (χ0n) is 17.2. The van der Waals surface area contributed by atoms with Crippen LogP contribution in [0.5, 0.6) is 5.75 Å². The fourth-order valence-electron chi connectivity index (χ4n) is 3.33. The van der Waals surface area contributed by atoms with Crippen LogP contribution in [0.15, 0.2) is 47.6 Å². The number of nitrogens with zero attached hydrogens (tertiary/aromatic N) is 3. The molecule has 1 saturated heterocycles. The van der Waals surface area contributed by atoms with Gasteiger partial charge in [0.25, 0.3) is 0 Å². The number of aliphatic hydroxyl groups excluding tert-OH is 1. The number of aliphatic imine (C=N–C) groups is 1. The monoisotopic (exact) mass is 529 g/mol. The predicted octanol–water partition coefficient (Wildman–Crippen LogP) is 2.71. The molecule has 1 aromatic carbocycles. The molecule has 164 valence electrons. The lowest BCUT2D eigenvalue weighted by Crippen LogP contribution is -2.45. The van der Waals surface area contributed by atoms with Gasteiger partial charge in [0.15, 0.2) is 17.6 Å².